The average molecular weight is 146 g/mol. The molecule has 4 heteroatoms. The van der Waals surface area contributed by atoms with Crippen LogP contribution in [0.15, 0.2) is 0 Å². The summed E-state index contributed by atoms with van der Waals surface area (Å²) in [5, 5.41) is 8.57. The van der Waals surface area contributed by atoms with Gasteiger partial charge in [0.2, 0.25) is 0 Å². The molecular formula is C6H10O4. The van der Waals surface area contributed by atoms with Crippen molar-refractivity contribution >= 4 is 12.3 Å². The smallest absolute Gasteiger partial charge is 0.335 e. The molecule has 2 unspecified atom stereocenters. The second kappa shape index (κ2) is 4.00. The minimum Gasteiger partial charge on any atom is -0.453 e. The van der Waals surface area contributed by atoms with Crippen LogP contribution < -0.4 is 0 Å². The van der Waals surface area contributed by atoms with Crippen molar-refractivity contribution in [2.45, 2.75) is 26.1 Å². The molecular weight excluding hydrogens is 136 g/mol. The fraction of sp³-hybridized carbons (Fsp3) is 0.667. The average Bonchev–Trinajstić information content (AvgIpc) is 1.87. The first kappa shape index (κ1) is 9.10. The molecule has 0 heterocycles. The number of aliphatic hydroxyl groups is 1. The molecule has 0 aromatic rings. The van der Waals surface area contributed by atoms with Gasteiger partial charge in [-0.3, -0.25) is 4.79 Å². The molecule has 0 aromatic heterocycles. The summed E-state index contributed by atoms with van der Waals surface area (Å²) in [6.45, 7) is 2.70. The molecule has 0 aliphatic rings. The number of rotatable bonds is 3. The Bertz CT molecular complexity index is 130. The van der Waals surface area contributed by atoms with Crippen LogP contribution in [0.5, 0.6) is 0 Å². The van der Waals surface area contributed by atoms with Gasteiger partial charge in [-0.1, -0.05) is 0 Å². The first-order valence-electron chi connectivity index (χ1n) is 2.91. The lowest BCUT2D eigenvalue weighted by atomic mass is 10.4. The van der Waals surface area contributed by atoms with Gasteiger partial charge in [0.1, 0.15) is 6.10 Å². The van der Waals surface area contributed by atoms with Crippen molar-refractivity contribution in [2.24, 2.45) is 0 Å². The number of carbonyl (C=O) groups is 2. The van der Waals surface area contributed by atoms with E-state index in [2.05, 4.69) is 4.74 Å². The van der Waals surface area contributed by atoms with Gasteiger partial charge in [0.15, 0.2) is 12.4 Å². The molecule has 0 aromatic carbocycles. The van der Waals surface area contributed by atoms with Gasteiger partial charge in [0.25, 0.3) is 0 Å². The molecule has 0 spiro atoms. The van der Waals surface area contributed by atoms with Gasteiger partial charge < -0.3 is 9.84 Å². The maximum Gasteiger partial charge on any atom is 0.335 e. The molecule has 0 fully saturated rings. The zero-order chi connectivity index (χ0) is 8.15. The fourth-order valence-electron chi connectivity index (χ4n) is 0.309. The molecule has 0 saturated carbocycles. The van der Waals surface area contributed by atoms with Crippen LogP contribution in [0.25, 0.3) is 0 Å². The minimum atomic E-state index is -1.16. The molecule has 4 nitrogen and oxygen atoms in total. The summed E-state index contributed by atoms with van der Waals surface area (Å²) in [7, 11) is 0. The highest BCUT2D eigenvalue weighted by Gasteiger charge is 2.12. The van der Waals surface area contributed by atoms with E-state index in [1.807, 2.05) is 0 Å². The van der Waals surface area contributed by atoms with Crippen LogP contribution >= 0.6 is 0 Å². The maximum absolute atomic E-state index is 10.5. The first-order valence-corrected chi connectivity index (χ1v) is 2.91. The summed E-state index contributed by atoms with van der Waals surface area (Å²) >= 11 is 0. The molecule has 10 heavy (non-hydrogen) atoms. The molecule has 0 amide bonds. The highest BCUT2D eigenvalue weighted by molar-refractivity contribution is 5.76. The van der Waals surface area contributed by atoms with E-state index < -0.39 is 18.2 Å². The lowest BCUT2D eigenvalue weighted by Crippen LogP contribution is -2.24. The highest BCUT2D eigenvalue weighted by Crippen LogP contribution is 1.91. The van der Waals surface area contributed by atoms with Crippen LogP contribution in [0, 0.1) is 0 Å². The van der Waals surface area contributed by atoms with E-state index in [-0.39, 0.29) is 0 Å². The van der Waals surface area contributed by atoms with Gasteiger partial charge in [0.05, 0.1) is 0 Å². The number of carbonyl (C=O) groups excluding carboxylic acids is 2. The van der Waals surface area contributed by atoms with Gasteiger partial charge in [-0.2, -0.15) is 0 Å². The second-order valence-electron chi connectivity index (χ2n) is 1.95. The predicted molar refractivity (Wildman–Crippen MR) is 33.3 cm³/mol. The Hall–Kier alpha value is -0.900. The molecule has 0 aliphatic carbocycles. The molecule has 0 rings (SSSR count). The van der Waals surface area contributed by atoms with E-state index in [0.29, 0.717) is 6.29 Å². The van der Waals surface area contributed by atoms with E-state index in [9.17, 15) is 9.59 Å². The molecule has 0 aliphatic heterocycles. The largest absolute Gasteiger partial charge is 0.453 e. The predicted octanol–water partition coefficient (Wildman–Crippen LogP) is -0.502. The Morgan fingerprint density at radius 1 is 1.60 bits per heavy atom. The van der Waals surface area contributed by atoms with Crippen molar-refractivity contribution in [1.29, 1.82) is 0 Å². The molecule has 58 valence electrons. The van der Waals surface area contributed by atoms with Gasteiger partial charge in [0, 0.05) is 0 Å². The van der Waals surface area contributed by atoms with Gasteiger partial charge >= 0.3 is 5.97 Å². The summed E-state index contributed by atoms with van der Waals surface area (Å²) < 4.78 is 4.40. The van der Waals surface area contributed by atoms with Gasteiger partial charge in [-0.05, 0) is 13.8 Å². The third-order valence-electron chi connectivity index (χ3n) is 0.835. The fourth-order valence-corrected chi connectivity index (χ4v) is 0.309. The Morgan fingerprint density at radius 2 is 2.10 bits per heavy atom. The van der Waals surface area contributed by atoms with Crippen LogP contribution in [-0.4, -0.2) is 29.6 Å². The van der Waals surface area contributed by atoms with Crippen LogP contribution in [0.2, 0.25) is 0 Å². The van der Waals surface area contributed by atoms with Crippen molar-refractivity contribution in [3.05, 3.63) is 0 Å². The normalized spacial score (nSPS) is 15.5. The molecule has 0 radical (unpaired) electrons. The first-order chi connectivity index (χ1) is 4.57. The van der Waals surface area contributed by atoms with Crippen LogP contribution in [0.1, 0.15) is 13.8 Å². The van der Waals surface area contributed by atoms with E-state index in [0.717, 1.165) is 0 Å². The highest BCUT2D eigenvalue weighted by atomic mass is 16.6. The number of aliphatic hydroxyl groups excluding tert-OH is 1. The summed E-state index contributed by atoms with van der Waals surface area (Å²) in [6, 6.07) is 0. The third-order valence-corrected chi connectivity index (χ3v) is 0.835. The Kier molecular flexibility index (Phi) is 3.64. The third kappa shape index (κ3) is 3.19. The van der Waals surface area contributed by atoms with E-state index >= 15 is 0 Å². The Morgan fingerprint density at radius 3 is 2.40 bits per heavy atom. The summed E-state index contributed by atoms with van der Waals surface area (Å²) in [5.74, 6) is -0.778. The summed E-state index contributed by atoms with van der Waals surface area (Å²) in [4.78, 5) is 20.4. The van der Waals surface area contributed by atoms with Crippen LogP contribution in [-0.2, 0) is 14.3 Å². The molecule has 1 N–H and O–H groups in total. The molecule has 2 atom stereocenters. The van der Waals surface area contributed by atoms with Crippen molar-refractivity contribution in [1.82, 2.24) is 0 Å². The number of aldehydes is 1. The Labute approximate surface area is 58.8 Å². The standard InChI is InChI=1S/C6H10O4/c1-4(3-7)10-6(9)5(2)8/h3-5,8H,1-2H3. The quantitative estimate of drug-likeness (QED) is 0.430. The van der Waals surface area contributed by atoms with Crippen molar-refractivity contribution in [3.8, 4) is 0 Å². The van der Waals surface area contributed by atoms with Gasteiger partial charge in [-0.25, -0.2) is 4.79 Å². The topological polar surface area (TPSA) is 63.6 Å². The summed E-state index contributed by atoms with van der Waals surface area (Å²) in [6.07, 6.45) is -1.45. The monoisotopic (exact) mass is 146 g/mol. The van der Waals surface area contributed by atoms with Gasteiger partial charge in [-0.15, -0.1) is 0 Å². The lowest BCUT2D eigenvalue weighted by molar-refractivity contribution is -0.158. The van der Waals surface area contributed by atoms with Crippen LogP contribution in [0.3, 0.4) is 0 Å². The molecule has 0 bridgehead atoms. The van der Waals surface area contributed by atoms with E-state index in [4.69, 9.17) is 5.11 Å². The van der Waals surface area contributed by atoms with Crippen molar-refractivity contribution in [3.63, 3.8) is 0 Å². The van der Waals surface area contributed by atoms with E-state index in [1.54, 1.807) is 0 Å². The lowest BCUT2D eigenvalue weighted by Gasteiger charge is -2.07. The zero-order valence-electron chi connectivity index (χ0n) is 5.90. The number of ether oxygens (including phenoxy) is 1. The summed E-state index contributed by atoms with van der Waals surface area (Å²) in [5.41, 5.74) is 0. The minimum absolute atomic E-state index is 0.486. The molecule has 0 saturated heterocycles. The Balaban J connectivity index is 3.68. The second-order valence-corrected chi connectivity index (χ2v) is 1.95. The number of hydrogen-bond donors (Lipinski definition) is 1. The number of hydrogen-bond acceptors (Lipinski definition) is 4. The van der Waals surface area contributed by atoms with Crippen LogP contribution in [0.4, 0.5) is 0 Å². The SMILES string of the molecule is CC(C=O)OC(=O)C(C)O. The van der Waals surface area contributed by atoms with Crippen molar-refractivity contribution < 1.29 is 19.4 Å². The van der Waals surface area contributed by atoms with Crippen molar-refractivity contribution in [2.75, 3.05) is 0 Å². The van der Waals surface area contributed by atoms with E-state index in [1.165, 1.54) is 13.8 Å². The maximum atomic E-state index is 10.5. The zero-order valence-corrected chi connectivity index (χ0v) is 5.90. The number of esters is 1.